The normalized spacial score (nSPS) is 15.5. The fourth-order valence-electron chi connectivity index (χ4n) is 2.16. The average molecular weight is 286 g/mol. The third-order valence-electron chi connectivity index (χ3n) is 3.68. The van der Waals surface area contributed by atoms with Crippen molar-refractivity contribution in [3.05, 3.63) is 65.2 Å². The first kappa shape index (κ1) is 13.7. The maximum atomic E-state index is 14.0. The zero-order valence-corrected chi connectivity index (χ0v) is 11.3. The monoisotopic (exact) mass is 286 g/mol. The number of amides is 1. The Bertz CT molecular complexity index is 669. The molecule has 2 N–H and O–H groups in total. The molecule has 1 amide bonds. The van der Waals surface area contributed by atoms with E-state index >= 15 is 0 Å². The van der Waals surface area contributed by atoms with E-state index in [-0.39, 0.29) is 12.5 Å². The van der Waals surface area contributed by atoms with Crippen molar-refractivity contribution in [3.63, 3.8) is 0 Å². The number of aromatic nitrogens is 1. The molecule has 4 nitrogen and oxygen atoms in total. The molecule has 21 heavy (non-hydrogen) atoms. The van der Waals surface area contributed by atoms with E-state index in [1.807, 2.05) is 0 Å². The first-order valence-electron chi connectivity index (χ1n) is 6.78. The summed E-state index contributed by atoms with van der Waals surface area (Å²) in [7, 11) is 0. The van der Waals surface area contributed by atoms with E-state index in [0.29, 0.717) is 29.5 Å². The Morgan fingerprint density at radius 3 is 2.81 bits per heavy atom. The molecule has 0 atom stereocenters. The summed E-state index contributed by atoms with van der Waals surface area (Å²) >= 11 is 0. The van der Waals surface area contributed by atoms with Gasteiger partial charge < -0.3 is 10.4 Å². The highest BCUT2D eigenvalue weighted by Crippen LogP contribution is 2.45. The zero-order valence-electron chi connectivity index (χ0n) is 11.3. The summed E-state index contributed by atoms with van der Waals surface area (Å²) in [6.07, 6.45) is 4.38. The van der Waals surface area contributed by atoms with Crippen molar-refractivity contribution in [1.82, 2.24) is 10.3 Å². The van der Waals surface area contributed by atoms with Crippen LogP contribution in [0.2, 0.25) is 0 Å². The molecular formula is C16H15FN2O2. The van der Waals surface area contributed by atoms with Gasteiger partial charge in [-0.2, -0.15) is 0 Å². The van der Waals surface area contributed by atoms with Crippen molar-refractivity contribution >= 4 is 5.91 Å². The maximum absolute atomic E-state index is 14.0. The largest absolute Gasteiger partial charge is 0.385 e. The lowest BCUT2D eigenvalue weighted by molar-refractivity contribution is 0.0950. The van der Waals surface area contributed by atoms with E-state index in [1.165, 1.54) is 12.3 Å². The van der Waals surface area contributed by atoms with Gasteiger partial charge in [0.1, 0.15) is 5.82 Å². The smallest absolute Gasteiger partial charge is 0.253 e. The molecule has 0 aliphatic heterocycles. The summed E-state index contributed by atoms with van der Waals surface area (Å²) in [6, 6.07) is 7.97. The highest BCUT2D eigenvalue weighted by molar-refractivity contribution is 5.93. The van der Waals surface area contributed by atoms with Gasteiger partial charge in [-0.3, -0.25) is 9.78 Å². The molecule has 3 rings (SSSR count). The van der Waals surface area contributed by atoms with Crippen molar-refractivity contribution in [2.24, 2.45) is 0 Å². The van der Waals surface area contributed by atoms with Crippen LogP contribution in [0.15, 0.2) is 42.7 Å². The fourth-order valence-corrected chi connectivity index (χ4v) is 2.16. The highest BCUT2D eigenvalue weighted by atomic mass is 19.1. The SMILES string of the molecule is O=C(NCc1ccc(C2(O)CC2)cc1F)c1cccnc1. The quantitative estimate of drug-likeness (QED) is 0.905. The summed E-state index contributed by atoms with van der Waals surface area (Å²) in [5.74, 6) is -0.716. The number of hydrogen-bond acceptors (Lipinski definition) is 3. The summed E-state index contributed by atoms with van der Waals surface area (Å²) in [5.41, 5.74) is 0.572. The molecule has 0 saturated heterocycles. The average Bonchev–Trinajstić information content (AvgIpc) is 3.25. The van der Waals surface area contributed by atoms with E-state index in [1.54, 1.807) is 30.5 Å². The standard InChI is InChI=1S/C16H15FN2O2/c17-14-8-13(16(21)5-6-16)4-3-11(14)10-19-15(20)12-2-1-7-18-9-12/h1-4,7-9,21H,5-6,10H2,(H,19,20). The number of nitrogens with zero attached hydrogens (tertiary/aromatic N) is 1. The Hall–Kier alpha value is -2.27. The summed E-state index contributed by atoms with van der Waals surface area (Å²) in [5, 5.41) is 12.6. The summed E-state index contributed by atoms with van der Waals surface area (Å²) < 4.78 is 14.0. The molecule has 1 aromatic carbocycles. The summed E-state index contributed by atoms with van der Waals surface area (Å²) in [4.78, 5) is 15.7. The van der Waals surface area contributed by atoms with Crippen LogP contribution in [0.3, 0.4) is 0 Å². The Kier molecular flexibility index (Phi) is 3.43. The lowest BCUT2D eigenvalue weighted by Gasteiger charge is -2.11. The van der Waals surface area contributed by atoms with Gasteiger partial charge in [-0.05, 0) is 36.6 Å². The van der Waals surface area contributed by atoms with Crippen LogP contribution in [0.1, 0.15) is 34.3 Å². The molecule has 1 aromatic heterocycles. The van der Waals surface area contributed by atoms with E-state index in [9.17, 15) is 14.3 Å². The predicted molar refractivity (Wildman–Crippen MR) is 74.9 cm³/mol. The number of nitrogens with one attached hydrogen (secondary N) is 1. The van der Waals surface area contributed by atoms with Crippen molar-refractivity contribution in [1.29, 1.82) is 0 Å². The molecular weight excluding hydrogens is 271 g/mol. The Labute approximate surface area is 121 Å². The molecule has 5 heteroatoms. The van der Waals surface area contributed by atoms with Gasteiger partial charge in [0.15, 0.2) is 0 Å². The van der Waals surface area contributed by atoms with E-state index in [0.717, 1.165) is 0 Å². The number of pyridine rings is 1. The number of hydrogen-bond donors (Lipinski definition) is 2. The van der Waals surface area contributed by atoms with Gasteiger partial charge in [0.05, 0.1) is 11.2 Å². The number of aliphatic hydroxyl groups is 1. The molecule has 1 aliphatic rings. The molecule has 0 spiro atoms. The van der Waals surface area contributed by atoms with Crippen LogP contribution in [-0.2, 0) is 12.1 Å². The van der Waals surface area contributed by atoms with Crippen LogP contribution in [0.4, 0.5) is 4.39 Å². The third kappa shape index (κ3) is 2.92. The number of carbonyl (C=O) groups is 1. The maximum Gasteiger partial charge on any atom is 0.253 e. The first-order chi connectivity index (χ1) is 10.1. The second kappa shape index (κ2) is 5.26. The number of rotatable bonds is 4. The molecule has 0 unspecified atom stereocenters. The molecule has 1 fully saturated rings. The van der Waals surface area contributed by atoms with Gasteiger partial charge in [-0.1, -0.05) is 12.1 Å². The van der Waals surface area contributed by atoms with Gasteiger partial charge >= 0.3 is 0 Å². The minimum atomic E-state index is -0.849. The molecule has 2 aromatic rings. The first-order valence-corrected chi connectivity index (χ1v) is 6.78. The molecule has 1 saturated carbocycles. The van der Waals surface area contributed by atoms with Crippen molar-refractivity contribution in [2.45, 2.75) is 25.0 Å². The number of carbonyl (C=O) groups excluding carboxylic acids is 1. The fraction of sp³-hybridized carbons (Fsp3) is 0.250. The van der Waals surface area contributed by atoms with Crippen LogP contribution in [0.25, 0.3) is 0 Å². The number of benzene rings is 1. The van der Waals surface area contributed by atoms with E-state index < -0.39 is 11.4 Å². The topological polar surface area (TPSA) is 62.2 Å². The molecule has 108 valence electrons. The number of halogens is 1. The van der Waals surface area contributed by atoms with Crippen LogP contribution in [0, 0.1) is 5.82 Å². The van der Waals surface area contributed by atoms with E-state index in [2.05, 4.69) is 10.3 Å². The highest BCUT2D eigenvalue weighted by Gasteiger charge is 2.42. The van der Waals surface area contributed by atoms with Crippen molar-refractivity contribution < 1.29 is 14.3 Å². The van der Waals surface area contributed by atoms with Crippen LogP contribution in [-0.4, -0.2) is 16.0 Å². The molecule has 0 bridgehead atoms. The second-order valence-corrected chi connectivity index (χ2v) is 5.26. The Morgan fingerprint density at radius 2 is 2.19 bits per heavy atom. The minimum absolute atomic E-state index is 0.0955. The summed E-state index contributed by atoms with van der Waals surface area (Å²) in [6.45, 7) is 0.0955. The van der Waals surface area contributed by atoms with Crippen LogP contribution >= 0.6 is 0 Å². The second-order valence-electron chi connectivity index (χ2n) is 5.26. The minimum Gasteiger partial charge on any atom is -0.385 e. The molecule has 0 radical (unpaired) electrons. The van der Waals surface area contributed by atoms with Crippen LogP contribution in [0.5, 0.6) is 0 Å². The Balaban J connectivity index is 1.67. The lowest BCUT2D eigenvalue weighted by atomic mass is 10.0. The lowest BCUT2D eigenvalue weighted by Crippen LogP contribution is -2.23. The predicted octanol–water partition coefficient (Wildman–Crippen LogP) is 2.13. The van der Waals surface area contributed by atoms with Gasteiger partial charge in [0.25, 0.3) is 5.91 Å². The Morgan fingerprint density at radius 1 is 1.38 bits per heavy atom. The van der Waals surface area contributed by atoms with Gasteiger partial charge in [0, 0.05) is 24.5 Å². The van der Waals surface area contributed by atoms with Crippen LogP contribution < -0.4 is 5.32 Å². The van der Waals surface area contributed by atoms with Crippen molar-refractivity contribution in [2.75, 3.05) is 0 Å². The zero-order chi connectivity index (χ0) is 14.9. The molecule has 1 heterocycles. The van der Waals surface area contributed by atoms with Gasteiger partial charge in [-0.25, -0.2) is 4.39 Å². The van der Waals surface area contributed by atoms with Crippen molar-refractivity contribution in [3.8, 4) is 0 Å². The van der Waals surface area contributed by atoms with Gasteiger partial charge in [-0.15, -0.1) is 0 Å². The van der Waals surface area contributed by atoms with E-state index in [4.69, 9.17) is 0 Å². The third-order valence-corrected chi connectivity index (χ3v) is 3.68. The molecule has 1 aliphatic carbocycles. The van der Waals surface area contributed by atoms with Gasteiger partial charge in [0.2, 0.25) is 0 Å².